The highest BCUT2D eigenvalue weighted by Crippen LogP contribution is 2.08. The molecule has 0 aliphatic carbocycles. The standard InChI is InChI=1S/C6H12N6O/c1-3(2)4-8-6(11-9-4)12-10-5(7)13/h3H,1-2H3,(H3,7,10,13)(H2,8,9,11,12). The molecule has 1 aromatic heterocycles. The molecule has 1 heterocycles. The maximum Gasteiger partial charge on any atom is 0.330 e. The molecule has 13 heavy (non-hydrogen) atoms. The van der Waals surface area contributed by atoms with Gasteiger partial charge in [0.15, 0.2) is 0 Å². The average Bonchev–Trinajstić information content (AvgIpc) is 2.48. The molecule has 2 amide bonds. The summed E-state index contributed by atoms with van der Waals surface area (Å²) in [5, 5.41) is 6.51. The van der Waals surface area contributed by atoms with Crippen molar-refractivity contribution in [3.63, 3.8) is 0 Å². The molecule has 1 rings (SSSR count). The number of rotatable bonds is 3. The molecule has 0 saturated carbocycles. The number of aromatic amines is 1. The van der Waals surface area contributed by atoms with Gasteiger partial charge in [0.1, 0.15) is 5.82 Å². The molecule has 0 fully saturated rings. The largest absolute Gasteiger partial charge is 0.350 e. The van der Waals surface area contributed by atoms with Crippen molar-refractivity contribution >= 4 is 12.0 Å². The summed E-state index contributed by atoms with van der Waals surface area (Å²) in [4.78, 5) is 14.3. The average molecular weight is 184 g/mol. The minimum absolute atomic E-state index is 0.261. The van der Waals surface area contributed by atoms with Gasteiger partial charge in [0, 0.05) is 5.92 Å². The van der Waals surface area contributed by atoms with Crippen LogP contribution in [-0.4, -0.2) is 21.2 Å². The fraction of sp³-hybridized carbons (Fsp3) is 0.500. The van der Waals surface area contributed by atoms with Crippen LogP contribution in [0.5, 0.6) is 0 Å². The van der Waals surface area contributed by atoms with Crippen LogP contribution in [0.25, 0.3) is 0 Å². The number of nitrogens with zero attached hydrogens (tertiary/aromatic N) is 2. The molecule has 7 heteroatoms. The van der Waals surface area contributed by atoms with E-state index < -0.39 is 6.03 Å². The Morgan fingerprint density at radius 2 is 2.31 bits per heavy atom. The molecule has 0 bridgehead atoms. The highest BCUT2D eigenvalue weighted by molar-refractivity contribution is 5.72. The van der Waals surface area contributed by atoms with Gasteiger partial charge in [0.2, 0.25) is 0 Å². The second-order valence-electron chi connectivity index (χ2n) is 2.81. The molecule has 5 N–H and O–H groups in total. The number of hydrogen-bond acceptors (Lipinski definition) is 4. The predicted molar refractivity (Wildman–Crippen MR) is 46.8 cm³/mol. The number of primary amides is 1. The zero-order chi connectivity index (χ0) is 9.84. The Balaban J connectivity index is 2.54. The van der Waals surface area contributed by atoms with Crippen molar-refractivity contribution in [3.8, 4) is 0 Å². The van der Waals surface area contributed by atoms with E-state index in [1.165, 1.54) is 0 Å². The van der Waals surface area contributed by atoms with E-state index >= 15 is 0 Å². The lowest BCUT2D eigenvalue weighted by molar-refractivity contribution is 0.250. The van der Waals surface area contributed by atoms with Crippen LogP contribution in [0, 0.1) is 0 Å². The van der Waals surface area contributed by atoms with Gasteiger partial charge in [-0.15, -0.1) is 5.10 Å². The maximum atomic E-state index is 10.3. The summed E-state index contributed by atoms with van der Waals surface area (Å²) in [6.07, 6.45) is 0. The molecule has 0 spiro atoms. The van der Waals surface area contributed by atoms with E-state index in [4.69, 9.17) is 5.73 Å². The van der Waals surface area contributed by atoms with Crippen LogP contribution >= 0.6 is 0 Å². The van der Waals surface area contributed by atoms with Crippen LogP contribution in [-0.2, 0) is 0 Å². The zero-order valence-corrected chi connectivity index (χ0v) is 7.46. The lowest BCUT2D eigenvalue weighted by Gasteiger charge is -1.99. The summed E-state index contributed by atoms with van der Waals surface area (Å²) in [6, 6.07) is -0.684. The van der Waals surface area contributed by atoms with Gasteiger partial charge in [-0.1, -0.05) is 13.8 Å². The summed E-state index contributed by atoms with van der Waals surface area (Å²) in [5.74, 6) is 1.30. The highest BCUT2D eigenvalue weighted by atomic mass is 16.2. The molecule has 0 aliphatic rings. The molecule has 1 aromatic rings. The van der Waals surface area contributed by atoms with Crippen LogP contribution < -0.4 is 16.6 Å². The first-order valence-corrected chi connectivity index (χ1v) is 3.83. The van der Waals surface area contributed by atoms with E-state index in [-0.39, 0.29) is 5.92 Å². The highest BCUT2D eigenvalue weighted by Gasteiger charge is 2.05. The molecule has 72 valence electrons. The monoisotopic (exact) mass is 184 g/mol. The fourth-order valence-electron chi connectivity index (χ4n) is 0.706. The third kappa shape index (κ3) is 2.62. The van der Waals surface area contributed by atoms with E-state index in [2.05, 4.69) is 26.0 Å². The lowest BCUT2D eigenvalue weighted by atomic mass is 10.2. The van der Waals surface area contributed by atoms with Gasteiger partial charge in [0.25, 0.3) is 5.95 Å². The molecule has 0 saturated heterocycles. The number of aromatic nitrogens is 3. The van der Waals surface area contributed by atoms with Gasteiger partial charge in [-0.05, 0) is 0 Å². The quantitative estimate of drug-likeness (QED) is 0.493. The fourth-order valence-corrected chi connectivity index (χ4v) is 0.706. The van der Waals surface area contributed by atoms with Crippen molar-refractivity contribution < 1.29 is 4.79 Å². The van der Waals surface area contributed by atoms with Crippen LogP contribution in [0.15, 0.2) is 0 Å². The third-order valence-corrected chi connectivity index (χ3v) is 1.35. The van der Waals surface area contributed by atoms with Gasteiger partial charge in [0.05, 0.1) is 0 Å². The normalized spacial score (nSPS) is 10.1. The van der Waals surface area contributed by atoms with E-state index in [1.807, 2.05) is 13.8 Å². The maximum absolute atomic E-state index is 10.3. The summed E-state index contributed by atoms with van der Waals surface area (Å²) >= 11 is 0. The molecular weight excluding hydrogens is 172 g/mol. The van der Waals surface area contributed by atoms with Crippen LogP contribution in [0.3, 0.4) is 0 Å². The Hall–Kier alpha value is -1.79. The second-order valence-corrected chi connectivity index (χ2v) is 2.81. The van der Waals surface area contributed by atoms with Gasteiger partial charge in [-0.2, -0.15) is 4.98 Å². The Labute approximate surface area is 75.1 Å². The van der Waals surface area contributed by atoms with E-state index in [9.17, 15) is 4.79 Å². The molecule has 7 nitrogen and oxygen atoms in total. The Kier molecular flexibility index (Phi) is 2.68. The number of carbonyl (C=O) groups is 1. The number of amides is 2. The van der Waals surface area contributed by atoms with Crippen molar-refractivity contribution in [2.45, 2.75) is 19.8 Å². The number of urea groups is 1. The van der Waals surface area contributed by atoms with E-state index in [1.54, 1.807) is 0 Å². The minimum atomic E-state index is -0.684. The van der Waals surface area contributed by atoms with Crippen LogP contribution in [0.1, 0.15) is 25.6 Å². The number of hydrazine groups is 1. The molecular formula is C6H12N6O. The first kappa shape index (κ1) is 9.30. The van der Waals surface area contributed by atoms with E-state index in [0.29, 0.717) is 5.95 Å². The van der Waals surface area contributed by atoms with Crippen molar-refractivity contribution in [1.29, 1.82) is 0 Å². The topological polar surface area (TPSA) is 109 Å². The number of anilines is 1. The summed E-state index contributed by atoms with van der Waals surface area (Å²) in [5.41, 5.74) is 9.43. The van der Waals surface area contributed by atoms with E-state index in [0.717, 1.165) is 5.82 Å². The first-order chi connectivity index (χ1) is 6.09. The van der Waals surface area contributed by atoms with Crippen molar-refractivity contribution in [2.75, 3.05) is 5.43 Å². The van der Waals surface area contributed by atoms with Crippen molar-refractivity contribution in [1.82, 2.24) is 20.6 Å². The van der Waals surface area contributed by atoms with Crippen LogP contribution in [0.2, 0.25) is 0 Å². The summed E-state index contributed by atoms with van der Waals surface area (Å²) in [6.45, 7) is 3.96. The zero-order valence-electron chi connectivity index (χ0n) is 7.46. The third-order valence-electron chi connectivity index (χ3n) is 1.35. The molecule has 0 aliphatic heterocycles. The van der Waals surface area contributed by atoms with Crippen LogP contribution in [0.4, 0.5) is 10.7 Å². The van der Waals surface area contributed by atoms with Crippen molar-refractivity contribution in [2.24, 2.45) is 5.73 Å². The summed E-state index contributed by atoms with van der Waals surface area (Å²) in [7, 11) is 0. The Morgan fingerprint density at radius 1 is 1.62 bits per heavy atom. The SMILES string of the molecule is CC(C)c1nc(NNC(N)=O)n[nH]1. The predicted octanol–water partition coefficient (Wildman–Crippen LogP) is -0.0767. The van der Waals surface area contributed by atoms with Gasteiger partial charge < -0.3 is 5.73 Å². The number of hydrogen-bond donors (Lipinski definition) is 4. The smallest absolute Gasteiger partial charge is 0.330 e. The molecule has 0 unspecified atom stereocenters. The first-order valence-electron chi connectivity index (χ1n) is 3.83. The number of nitrogens with two attached hydrogens (primary N) is 1. The lowest BCUT2D eigenvalue weighted by Crippen LogP contribution is -2.34. The van der Waals surface area contributed by atoms with Crippen molar-refractivity contribution in [3.05, 3.63) is 5.82 Å². The molecule has 0 aromatic carbocycles. The number of nitrogens with one attached hydrogen (secondary N) is 3. The van der Waals surface area contributed by atoms with Gasteiger partial charge >= 0.3 is 6.03 Å². The Morgan fingerprint density at radius 3 is 2.77 bits per heavy atom. The summed E-state index contributed by atoms with van der Waals surface area (Å²) < 4.78 is 0. The molecule has 0 radical (unpaired) electrons. The second kappa shape index (κ2) is 3.74. The Bertz CT molecular complexity index is 293. The molecule has 0 atom stereocenters. The number of H-pyrrole nitrogens is 1. The van der Waals surface area contributed by atoms with Gasteiger partial charge in [-0.25, -0.2) is 10.2 Å². The minimum Gasteiger partial charge on any atom is -0.350 e. The van der Waals surface area contributed by atoms with Gasteiger partial charge in [-0.3, -0.25) is 10.5 Å². The number of carbonyl (C=O) groups excluding carboxylic acids is 1.